The smallest absolute Gasteiger partial charge is 0.416 e. The van der Waals surface area contributed by atoms with Crippen molar-refractivity contribution in [2.45, 2.75) is 145 Å². The standard InChI is InChI=1S/C33H47NO13.C20H19F3N2O4/c1-18-10-8-6-4-3-5-7-9-11-21(45-32-30(39)28(34)29(38)19(2)44-32)15-25-27(31(40)41)22(36)17-33(42,47-25)16-20(35)14-24-23(46-24)12-13-26(37)43-18;1-13(14-8-6-9-16(11-14)20(21,22)23)24-29-12-15-7-4-5-10-17(15)18(25-28-3)19(26)27-2/h3-9,11-13,18-25,27-30,32,35-36,38-39,42H,10,14-17,34H2,1-2H3,(H,40,41);4-11H,12H2,1-3H3/b4-3+,7-5+,8-6+,11-9+,13-12+;24-13+,25-18+/t18-,19-,20+,21+,22+,23-,24-,25+,27-,28+,29-,30+,32+,33-;/m1./s1. The van der Waals surface area contributed by atoms with Crippen molar-refractivity contribution >= 4 is 29.3 Å². The minimum absolute atomic E-state index is 0.0484. The number of rotatable bonds is 10. The number of carboxylic acids is 1. The first kappa shape index (κ1) is 60.7. The molecule has 0 amide bonds. The number of aliphatic hydroxyl groups excluding tert-OH is 4. The second-order valence-electron chi connectivity index (χ2n) is 18.4. The number of aliphatic carboxylic acids is 1. The number of allylic oxidation sites excluding steroid dienone is 6. The monoisotopic (exact) mass is 1070 g/mol. The van der Waals surface area contributed by atoms with Crippen LogP contribution in [0.3, 0.4) is 0 Å². The van der Waals surface area contributed by atoms with Crippen molar-refractivity contribution < 1.29 is 96.3 Å². The number of ether oxygens (including phenoxy) is 6. The summed E-state index contributed by atoms with van der Waals surface area (Å²) in [7, 11) is 2.51. The number of carbonyl (C=O) groups excluding carboxylic acids is 2. The van der Waals surface area contributed by atoms with E-state index in [2.05, 4.69) is 10.3 Å². The van der Waals surface area contributed by atoms with Gasteiger partial charge in [-0.3, -0.25) is 4.79 Å². The number of methoxy groups -OCH3 is 1. The van der Waals surface area contributed by atoms with Gasteiger partial charge in [0.15, 0.2) is 17.8 Å². The van der Waals surface area contributed by atoms with Crippen LogP contribution in [0.2, 0.25) is 0 Å². The van der Waals surface area contributed by atoms with E-state index in [4.69, 9.17) is 43.8 Å². The van der Waals surface area contributed by atoms with Crippen LogP contribution in [-0.2, 0) is 65.3 Å². The highest BCUT2D eigenvalue weighted by molar-refractivity contribution is 6.43. The molecule has 20 nitrogen and oxygen atoms in total. The molecule has 23 heteroatoms. The fourth-order valence-corrected chi connectivity index (χ4v) is 8.44. The average Bonchev–Trinajstić information content (AvgIpc) is 4.11. The van der Waals surface area contributed by atoms with Crippen molar-refractivity contribution in [3.05, 3.63) is 132 Å². The molecule has 0 saturated carbocycles. The molecule has 8 N–H and O–H groups in total. The summed E-state index contributed by atoms with van der Waals surface area (Å²) in [5.74, 6) is -6.14. The van der Waals surface area contributed by atoms with Crippen LogP contribution in [0.5, 0.6) is 0 Å². The van der Waals surface area contributed by atoms with E-state index in [9.17, 15) is 58.2 Å². The van der Waals surface area contributed by atoms with E-state index >= 15 is 0 Å². The number of cyclic esters (lactones) is 1. The second-order valence-corrected chi connectivity index (χ2v) is 18.4. The number of nitrogens with two attached hydrogens (primary N) is 1. The predicted molar refractivity (Wildman–Crippen MR) is 266 cm³/mol. The van der Waals surface area contributed by atoms with Crippen molar-refractivity contribution in [2.75, 3.05) is 14.2 Å². The molecule has 0 spiro atoms. The molecule has 6 rings (SSSR count). The summed E-state index contributed by atoms with van der Waals surface area (Å²) in [6, 6.07) is 10.5. The Balaban J connectivity index is 0.000000315. The quantitative estimate of drug-likeness (QED) is 0.0756. The van der Waals surface area contributed by atoms with Crippen LogP contribution in [0, 0.1) is 5.92 Å². The normalized spacial score (nSPS) is 34.0. The minimum Gasteiger partial charge on any atom is -0.481 e. The van der Waals surface area contributed by atoms with E-state index in [1.54, 1.807) is 80.6 Å². The summed E-state index contributed by atoms with van der Waals surface area (Å²) < 4.78 is 71.8. The first-order valence-electron chi connectivity index (χ1n) is 24.3. The first-order valence-corrected chi connectivity index (χ1v) is 24.3. The summed E-state index contributed by atoms with van der Waals surface area (Å²) in [5.41, 5.74) is 6.70. The number of carbonyl (C=O) groups is 3. The number of nitrogens with zero attached hydrogens (tertiary/aromatic N) is 2. The molecule has 2 aromatic rings. The molecule has 14 atom stereocenters. The largest absolute Gasteiger partial charge is 0.481 e. The van der Waals surface area contributed by atoms with Gasteiger partial charge in [-0.1, -0.05) is 95.3 Å². The first-order chi connectivity index (χ1) is 36.0. The lowest BCUT2D eigenvalue weighted by Crippen LogP contribution is -2.61. The van der Waals surface area contributed by atoms with Gasteiger partial charge in [0.05, 0.1) is 67.2 Å². The van der Waals surface area contributed by atoms with Crippen LogP contribution in [0.25, 0.3) is 0 Å². The van der Waals surface area contributed by atoms with Crippen LogP contribution in [0.1, 0.15) is 75.1 Å². The highest BCUT2D eigenvalue weighted by Gasteiger charge is 2.51. The number of halogens is 3. The van der Waals surface area contributed by atoms with Gasteiger partial charge in [-0.15, -0.1) is 0 Å². The van der Waals surface area contributed by atoms with Crippen LogP contribution in [0.4, 0.5) is 13.2 Å². The van der Waals surface area contributed by atoms with Gasteiger partial charge in [-0.2, -0.15) is 13.2 Å². The molecule has 76 heavy (non-hydrogen) atoms. The lowest BCUT2D eigenvalue weighted by atomic mass is 9.83. The van der Waals surface area contributed by atoms with Gasteiger partial charge >= 0.3 is 24.1 Å². The zero-order valence-electron chi connectivity index (χ0n) is 42.4. The topological polar surface area (TPSA) is 300 Å². The predicted octanol–water partition coefficient (Wildman–Crippen LogP) is 4.29. The van der Waals surface area contributed by atoms with E-state index in [0.717, 1.165) is 12.1 Å². The molecule has 3 fully saturated rings. The lowest BCUT2D eigenvalue weighted by molar-refractivity contribution is -0.308. The summed E-state index contributed by atoms with van der Waals surface area (Å²) >= 11 is 0. The Labute approximate surface area is 437 Å². The van der Waals surface area contributed by atoms with Gasteiger partial charge in [-0.05, 0) is 44.5 Å². The van der Waals surface area contributed by atoms with Gasteiger partial charge in [0.2, 0.25) is 0 Å². The van der Waals surface area contributed by atoms with Crippen LogP contribution in [-0.4, -0.2) is 153 Å². The second kappa shape index (κ2) is 28.3. The number of fused-ring (bicyclic) bond motifs is 3. The number of hydrogen-bond acceptors (Lipinski definition) is 19. The number of oxime groups is 2. The van der Waals surface area contributed by atoms with Crippen LogP contribution < -0.4 is 5.73 Å². The highest BCUT2D eigenvalue weighted by atomic mass is 19.4. The van der Waals surface area contributed by atoms with Crippen molar-refractivity contribution in [1.29, 1.82) is 0 Å². The minimum atomic E-state index is -4.44. The number of benzene rings is 2. The molecule has 4 aliphatic heterocycles. The molecule has 0 radical (unpaired) electrons. The molecule has 0 aliphatic carbocycles. The van der Waals surface area contributed by atoms with Crippen LogP contribution in [0.15, 0.2) is 120 Å². The van der Waals surface area contributed by atoms with Gasteiger partial charge in [0.1, 0.15) is 37.9 Å². The third-order valence-electron chi connectivity index (χ3n) is 12.4. The zero-order chi connectivity index (χ0) is 55.7. The van der Waals surface area contributed by atoms with Crippen molar-refractivity contribution in [1.82, 2.24) is 0 Å². The van der Waals surface area contributed by atoms with Gasteiger partial charge in [0.25, 0.3) is 0 Å². The van der Waals surface area contributed by atoms with Crippen molar-refractivity contribution in [3.8, 4) is 0 Å². The average molecular weight is 1070 g/mol. The summed E-state index contributed by atoms with van der Waals surface area (Å²) in [6.07, 6.45) is 0.811. The van der Waals surface area contributed by atoms with E-state index in [-0.39, 0.29) is 49.0 Å². The number of carboxylic acid groups (broad SMARTS) is 1. The SMILES string of the molecule is CO/N=C(/C(=O)OC)c1ccccc1CO/N=C(\C)c1cccc(C(F)(F)F)c1.C[C@@H]1C/C=C/C=C/C=C/C=C/[C@H](O[C@@H]2O[C@H](C)[C@@H](O)[C@H](N)[C@@H]2O)C[C@@H]2O[C@](O)(C[C@@H](O)C[C@H]3O[C@@H]3/C=C/C(=O)O1)C[C@H](O)[C@H]2C(=O)O. The van der Waals surface area contributed by atoms with E-state index < -0.39 is 115 Å². The Morgan fingerprint density at radius 3 is 2.29 bits per heavy atom. The van der Waals surface area contributed by atoms with E-state index in [1.807, 2.05) is 6.08 Å². The maximum atomic E-state index is 12.9. The lowest BCUT2D eigenvalue weighted by Gasteiger charge is -2.45. The fraction of sp³-hybridized carbons (Fsp3) is 0.491. The molecular weight excluding hydrogens is 1010 g/mol. The van der Waals surface area contributed by atoms with Gasteiger partial charge in [0, 0.05) is 49.3 Å². The number of alkyl halides is 3. The maximum Gasteiger partial charge on any atom is 0.416 e. The number of epoxide rings is 1. The van der Waals surface area contributed by atoms with Gasteiger partial charge < -0.3 is 74.5 Å². The number of aliphatic hydroxyl groups is 5. The Hall–Kier alpha value is -6.12. The third-order valence-corrected chi connectivity index (χ3v) is 12.4. The third kappa shape index (κ3) is 18.0. The maximum absolute atomic E-state index is 12.9. The Morgan fingerprint density at radius 1 is 0.882 bits per heavy atom. The van der Waals surface area contributed by atoms with Gasteiger partial charge in [-0.25, -0.2) is 9.59 Å². The van der Waals surface area contributed by atoms with Crippen molar-refractivity contribution in [2.24, 2.45) is 22.0 Å². The summed E-state index contributed by atoms with van der Waals surface area (Å²) in [6.45, 7) is 4.82. The molecule has 416 valence electrons. The molecule has 0 aromatic heterocycles. The van der Waals surface area contributed by atoms with Crippen LogP contribution >= 0.6 is 0 Å². The Kier molecular flexibility index (Phi) is 22.6. The fourth-order valence-electron chi connectivity index (χ4n) is 8.44. The Bertz CT molecular complexity index is 2480. The molecule has 4 aliphatic rings. The molecular formula is C53H66F3N3O17. The molecule has 3 saturated heterocycles. The molecule has 2 bridgehead atoms. The molecule has 2 aromatic carbocycles. The summed E-state index contributed by atoms with van der Waals surface area (Å²) in [5, 5.41) is 71.5. The molecule has 4 heterocycles. The van der Waals surface area contributed by atoms with E-state index in [0.29, 0.717) is 17.5 Å². The number of esters is 2. The Morgan fingerprint density at radius 2 is 1.59 bits per heavy atom. The zero-order valence-corrected chi connectivity index (χ0v) is 42.4. The summed E-state index contributed by atoms with van der Waals surface area (Å²) in [4.78, 5) is 46.4. The van der Waals surface area contributed by atoms with Crippen molar-refractivity contribution in [3.63, 3.8) is 0 Å². The van der Waals surface area contributed by atoms with E-state index in [1.165, 1.54) is 45.4 Å². The molecule has 0 unspecified atom stereocenters. The highest BCUT2D eigenvalue weighted by Crippen LogP contribution is 2.39. The number of hydrogen-bond donors (Lipinski definition) is 7.